The number of rotatable bonds is 6. The molecule has 142 valence electrons. The third-order valence-corrected chi connectivity index (χ3v) is 4.55. The molecule has 7 heteroatoms. The summed E-state index contributed by atoms with van der Waals surface area (Å²) in [4.78, 5) is 37.2. The Morgan fingerprint density at radius 2 is 1.69 bits per heavy atom. The van der Waals surface area contributed by atoms with Gasteiger partial charge in [-0.1, -0.05) is 0 Å². The summed E-state index contributed by atoms with van der Waals surface area (Å²) in [6.45, 7) is 3.77. The van der Waals surface area contributed by atoms with Crippen LogP contribution in [0.15, 0.2) is 24.3 Å². The Labute approximate surface area is 153 Å². The molecule has 0 spiro atoms. The van der Waals surface area contributed by atoms with Crippen LogP contribution in [0.3, 0.4) is 0 Å². The fraction of sp³-hybridized carbons (Fsp3) is 0.526. The van der Waals surface area contributed by atoms with Crippen LogP contribution in [0, 0.1) is 0 Å². The van der Waals surface area contributed by atoms with Crippen LogP contribution >= 0.6 is 0 Å². The summed E-state index contributed by atoms with van der Waals surface area (Å²) in [6.07, 6.45) is 3.18. The van der Waals surface area contributed by atoms with Gasteiger partial charge in [0.2, 0.25) is 0 Å². The molecule has 26 heavy (non-hydrogen) atoms. The molecule has 0 saturated carbocycles. The van der Waals surface area contributed by atoms with Gasteiger partial charge >= 0.3 is 5.97 Å². The van der Waals surface area contributed by atoms with Gasteiger partial charge in [-0.15, -0.1) is 0 Å². The first-order valence-corrected chi connectivity index (χ1v) is 8.84. The zero-order valence-corrected chi connectivity index (χ0v) is 15.5. The summed E-state index contributed by atoms with van der Waals surface area (Å²) >= 11 is 0. The van der Waals surface area contributed by atoms with Crippen molar-refractivity contribution in [1.29, 1.82) is 0 Å². The van der Waals surface area contributed by atoms with E-state index in [1.807, 2.05) is 4.90 Å². The van der Waals surface area contributed by atoms with Crippen LogP contribution in [0.1, 0.15) is 43.5 Å². The van der Waals surface area contributed by atoms with Crippen LogP contribution in [0.25, 0.3) is 0 Å². The Balaban J connectivity index is 1.86. The zero-order valence-electron chi connectivity index (χ0n) is 15.5. The second kappa shape index (κ2) is 9.22. The lowest BCUT2D eigenvalue weighted by molar-refractivity contribution is -0.139. The first kappa shape index (κ1) is 19.8. The van der Waals surface area contributed by atoms with Gasteiger partial charge in [0.15, 0.2) is 13.2 Å². The van der Waals surface area contributed by atoms with Gasteiger partial charge < -0.3 is 19.7 Å². The van der Waals surface area contributed by atoms with Gasteiger partial charge in [-0.2, -0.15) is 0 Å². The number of carbonyl (C=O) groups excluding carboxylic acids is 3. The van der Waals surface area contributed by atoms with Crippen molar-refractivity contribution >= 4 is 17.8 Å². The number of ether oxygens (including phenoxy) is 2. The third kappa shape index (κ3) is 5.21. The van der Waals surface area contributed by atoms with E-state index < -0.39 is 5.97 Å². The second-order valence-electron chi connectivity index (χ2n) is 6.49. The molecule has 1 N–H and O–H groups in total. The van der Waals surface area contributed by atoms with E-state index in [0.29, 0.717) is 11.3 Å². The van der Waals surface area contributed by atoms with E-state index in [0.717, 1.165) is 19.3 Å². The number of hydrogen-bond donors (Lipinski definition) is 1. The lowest BCUT2D eigenvalue weighted by Gasteiger charge is -2.38. The van der Waals surface area contributed by atoms with Crippen molar-refractivity contribution in [2.24, 2.45) is 0 Å². The van der Waals surface area contributed by atoms with Crippen molar-refractivity contribution in [1.82, 2.24) is 10.2 Å². The zero-order chi connectivity index (χ0) is 19.1. The maximum Gasteiger partial charge on any atom is 0.338 e. The summed E-state index contributed by atoms with van der Waals surface area (Å²) < 4.78 is 10.4. The Hall–Kier alpha value is -2.57. The standard InChI is InChI=1S/C19H26N2O5/c1-13-5-4-6-14(2)21(13)18(23)12-25-16-9-7-15(8-10-16)19(24)26-11-17(22)20-3/h7-10,13-14H,4-6,11-12H2,1-3H3,(H,20,22). The Morgan fingerprint density at radius 3 is 2.27 bits per heavy atom. The molecule has 0 bridgehead atoms. The highest BCUT2D eigenvalue weighted by molar-refractivity contribution is 5.91. The fourth-order valence-corrected chi connectivity index (χ4v) is 3.11. The van der Waals surface area contributed by atoms with Crippen LogP contribution in [0.2, 0.25) is 0 Å². The molecule has 1 saturated heterocycles. The van der Waals surface area contributed by atoms with Crippen molar-refractivity contribution in [3.05, 3.63) is 29.8 Å². The van der Waals surface area contributed by atoms with E-state index >= 15 is 0 Å². The molecule has 0 aliphatic carbocycles. The van der Waals surface area contributed by atoms with Crippen LogP contribution < -0.4 is 10.1 Å². The van der Waals surface area contributed by atoms with Crippen LogP contribution in [-0.2, 0) is 14.3 Å². The van der Waals surface area contributed by atoms with Gasteiger partial charge in [0.05, 0.1) is 5.56 Å². The van der Waals surface area contributed by atoms with Crippen molar-refractivity contribution < 1.29 is 23.9 Å². The van der Waals surface area contributed by atoms with Gasteiger partial charge in [-0.25, -0.2) is 4.79 Å². The summed E-state index contributed by atoms with van der Waals surface area (Å²) in [5.74, 6) is -0.498. The average Bonchev–Trinajstić information content (AvgIpc) is 2.64. The first-order chi connectivity index (χ1) is 12.4. The number of carbonyl (C=O) groups is 3. The summed E-state index contributed by atoms with van der Waals surface area (Å²) in [7, 11) is 1.47. The number of likely N-dealkylation sites (N-methyl/N-ethyl adjacent to an activating group) is 1. The molecule has 1 aliphatic rings. The Morgan fingerprint density at radius 1 is 1.08 bits per heavy atom. The highest BCUT2D eigenvalue weighted by atomic mass is 16.5. The molecule has 2 amide bonds. The number of amides is 2. The number of piperidine rings is 1. The Kier molecular flexibility index (Phi) is 7.00. The second-order valence-corrected chi connectivity index (χ2v) is 6.49. The first-order valence-electron chi connectivity index (χ1n) is 8.84. The van der Waals surface area contributed by atoms with Gasteiger partial charge in [-0.05, 0) is 57.4 Å². The molecular weight excluding hydrogens is 336 g/mol. The van der Waals surface area contributed by atoms with E-state index in [-0.39, 0.29) is 37.1 Å². The van der Waals surface area contributed by atoms with Gasteiger partial charge in [0.25, 0.3) is 11.8 Å². The number of nitrogens with zero attached hydrogens (tertiary/aromatic N) is 1. The van der Waals surface area contributed by atoms with Crippen molar-refractivity contribution in [2.45, 2.75) is 45.2 Å². The number of likely N-dealkylation sites (tertiary alicyclic amines) is 1. The quantitative estimate of drug-likeness (QED) is 0.780. The molecule has 2 unspecified atom stereocenters. The number of hydrogen-bond acceptors (Lipinski definition) is 5. The number of esters is 1. The highest BCUT2D eigenvalue weighted by Crippen LogP contribution is 2.23. The van der Waals surface area contributed by atoms with Crippen LogP contribution in [0.4, 0.5) is 0 Å². The van der Waals surface area contributed by atoms with E-state index in [9.17, 15) is 14.4 Å². The third-order valence-electron chi connectivity index (χ3n) is 4.55. The smallest absolute Gasteiger partial charge is 0.338 e. The topological polar surface area (TPSA) is 84.9 Å². The van der Waals surface area contributed by atoms with Crippen molar-refractivity contribution in [3.63, 3.8) is 0 Å². The summed E-state index contributed by atoms with van der Waals surface area (Å²) in [5, 5.41) is 2.37. The van der Waals surface area contributed by atoms with Gasteiger partial charge in [0, 0.05) is 19.1 Å². The van der Waals surface area contributed by atoms with E-state index in [2.05, 4.69) is 19.2 Å². The Bertz CT molecular complexity index is 634. The predicted octanol–water partition coefficient (Wildman–Crippen LogP) is 1.76. The molecule has 7 nitrogen and oxygen atoms in total. The predicted molar refractivity (Wildman–Crippen MR) is 95.9 cm³/mol. The minimum Gasteiger partial charge on any atom is -0.484 e. The molecule has 1 fully saturated rings. The molecule has 2 rings (SSSR count). The lowest BCUT2D eigenvalue weighted by Crippen LogP contribution is -2.49. The monoisotopic (exact) mass is 362 g/mol. The molecule has 1 aromatic carbocycles. The molecule has 0 aromatic heterocycles. The number of nitrogens with one attached hydrogen (secondary N) is 1. The molecular formula is C19H26N2O5. The largest absolute Gasteiger partial charge is 0.484 e. The SMILES string of the molecule is CNC(=O)COC(=O)c1ccc(OCC(=O)N2C(C)CCCC2C)cc1. The average molecular weight is 362 g/mol. The minimum absolute atomic E-state index is 0.0289. The van der Waals surface area contributed by atoms with Gasteiger partial charge in [-0.3, -0.25) is 9.59 Å². The van der Waals surface area contributed by atoms with Crippen molar-refractivity contribution in [3.8, 4) is 5.75 Å². The van der Waals surface area contributed by atoms with E-state index in [4.69, 9.17) is 9.47 Å². The molecule has 1 aliphatic heterocycles. The molecule has 1 aromatic rings. The highest BCUT2D eigenvalue weighted by Gasteiger charge is 2.28. The fourth-order valence-electron chi connectivity index (χ4n) is 3.11. The van der Waals surface area contributed by atoms with Crippen molar-refractivity contribution in [2.75, 3.05) is 20.3 Å². The normalized spacial score (nSPS) is 19.6. The van der Waals surface area contributed by atoms with Gasteiger partial charge in [0.1, 0.15) is 5.75 Å². The number of benzene rings is 1. The van der Waals surface area contributed by atoms with E-state index in [1.165, 1.54) is 19.2 Å². The van der Waals surface area contributed by atoms with Crippen LogP contribution in [0.5, 0.6) is 5.75 Å². The molecule has 1 heterocycles. The maximum atomic E-state index is 12.4. The maximum absolute atomic E-state index is 12.4. The van der Waals surface area contributed by atoms with E-state index in [1.54, 1.807) is 12.1 Å². The minimum atomic E-state index is -0.591. The van der Waals surface area contributed by atoms with Crippen LogP contribution in [-0.4, -0.2) is 55.0 Å². The molecule has 0 radical (unpaired) electrons. The summed E-state index contributed by atoms with van der Waals surface area (Å²) in [6, 6.07) is 6.75. The summed E-state index contributed by atoms with van der Waals surface area (Å²) in [5.41, 5.74) is 0.311. The molecule has 2 atom stereocenters. The lowest BCUT2D eigenvalue weighted by atomic mass is 9.97.